The summed E-state index contributed by atoms with van der Waals surface area (Å²) in [5.74, 6) is 1.62. The van der Waals surface area contributed by atoms with Crippen LogP contribution < -0.4 is 5.32 Å². The number of rotatable bonds is 0. The standard InChI is InChI=1S/C4H6BN3/c1-3-6-2-4(7-3)8-5/h2H2,1H3,(H,6,7,8). The van der Waals surface area contributed by atoms with Crippen LogP contribution >= 0.6 is 0 Å². The zero-order chi connectivity index (χ0) is 5.98. The maximum Gasteiger partial charge on any atom is 0.261 e. The molecule has 4 heteroatoms. The number of aliphatic imine (C=N–C) groups is 1. The van der Waals surface area contributed by atoms with Crippen molar-refractivity contribution in [2.75, 3.05) is 6.54 Å². The molecule has 1 heterocycles. The molecule has 1 rings (SSSR count). The fourth-order valence-corrected chi connectivity index (χ4v) is 0.554. The Bertz CT molecular complexity index is 149. The van der Waals surface area contributed by atoms with E-state index in [1.54, 1.807) is 0 Å². The van der Waals surface area contributed by atoms with E-state index in [1.165, 1.54) is 0 Å². The largest absolute Gasteiger partial charge is 0.345 e. The lowest BCUT2D eigenvalue weighted by Crippen LogP contribution is -2.22. The first-order valence-corrected chi connectivity index (χ1v) is 2.38. The fourth-order valence-electron chi connectivity index (χ4n) is 0.554. The number of hydrogen-bond acceptors (Lipinski definition) is 2. The summed E-state index contributed by atoms with van der Waals surface area (Å²) < 4.78 is 0. The summed E-state index contributed by atoms with van der Waals surface area (Å²) in [7, 11) is 4.95. The van der Waals surface area contributed by atoms with Crippen LogP contribution in [0.15, 0.2) is 9.90 Å². The van der Waals surface area contributed by atoms with Gasteiger partial charge in [-0.05, 0) is 6.92 Å². The molecule has 0 atom stereocenters. The summed E-state index contributed by atoms with van der Waals surface area (Å²) in [6.45, 7) is 2.47. The normalized spacial score (nSPS) is 23.1. The second kappa shape index (κ2) is 1.98. The SMILES string of the molecule is [B]/N=C1/CN=C(C)N1. The Balaban J connectivity index is 2.56. The highest BCUT2D eigenvalue weighted by Crippen LogP contribution is 1.85. The maximum atomic E-state index is 4.95. The van der Waals surface area contributed by atoms with E-state index in [0.717, 1.165) is 11.7 Å². The van der Waals surface area contributed by atoms with Crippen LogP contribution in [0.25, 0.3) is 0 Å². The van der Waals surface area contributed by atoms with Gasteiger partial charge in [0, 0.05) is 0 Å². The molecule has 1 aliphatic rings. The Morgan fingerprint density at radius 1 is 1.88 bits per heavy atom. The van der Waals surface area contributed by atoms with Crippen LogP contribution in [-0.4, -0.2) is 26.2 Å². The summed E-state index contributed by atoms with van der Waals surface area (Å²) in [6, 6.07) is 0. The zero-order valence-corrected chi connectivity index (χ0v) is 4.68. The number of hydrogen-bond donors (Lipinski definition) is 1. The van der Waals surface area contributed by atoms with Gasteiger partial charge in [-0.1, -0.05) is 0 Å². The molecular formula is C4H6BN3. The van der Waals surface area contributed by atoms with Crippen LogP contribution in [0.2, 0.25) is 0 Å². The zero-order valence-electron chi connectivity index (χ0n) is 4.68. The van der Waals surface area contributed by atoms with Gasteiger partial charge in [0.05, 0.1) is 12.4 Å². The van der Waals surface area contributed by atoms with Crippen molar-refractivity contribution in [2.24, 2.45) is 9.90 Å². The number of amidine groups is 2. The predicted octanol–water partition coefficient (Wildman–Crippen LogP) is -0.510. The van der Waals surface area contributed by atoms with Crippen molar-refractivity contribution in [3.05, 3.63) is 0 Å². The summed E-state index contributed by atoms with van der Waals surface area (Å²) >= 11 is 0. The van der Waals surface area contributed by atoms with Crippen LogP contribution in [0.5, 0.6) is 0 Å². The molecule has 40 valence electrons. The highest BCUT2D eigenvalue weighted by molar-refractivity contribution is 6.17. The third kappa shape index (κ3) is 0.884. The van der Waals surface area contributed by atoms with Gasteiger partial charge in [0.25, 0.3) is 7.98 Å². The predicted molar refractivity (Wildman–Crippen MR) is 34.3 cm³/mol. The molecule has 0 aliphatic carbocycles. The van der Waals surface area contributed by atoms with Gasteiger partial charge in [-0.25, -0.2) is 0 Å². The van der Waals surface area contributed by atoms with Crippen molar-refractivity contribution < 1.29 is 0 Å². The van der Waals surface area contributed by atoms with Crippen molar-refractivity contribution in [1.29, 1.82) is 0 Å². The van der Waals surface area contributed by atoms with Crippen molar-refractivity contribution in [3.63, 3.8) is 0 Å². The Kier molecular flexibility index (Phi) is 1.33. The Morgan fingerprint density at radius 2 is 2.62 bits per heavy atom. The van der Waals surface area contributed by atoms with E-state index in [1.807, 2.05) is 6.92 Å². The van der Waals surface area contributed by atoms with Crippen molar-refractivity contribution in [3.8, 4) is 0 Å². The van der Waals surface area contributed by atoms with Gasteiger partial charge in [0.1, 0.15) is 5.84 Å². The van der Waals surface area contributed by atoms with Gasteiger partial charge >= 0.3 is 0 Å². The summed E-state index contributed by atoms with van der Waals surface area (Å²) in [5, 5.41) is 2.88. The molecule has 0 bridgehead atoms. The second-order valence-electron chi connectivity index (χ2n) is 1.60. The minimum Gasteiger partial charge on any atom is -0.345 e. The van der Waals surface area contributed by atoms with E-state index in [4.69, 9.17) is 7.98 Å². The molecule has 0 aromatic carbocycles. The average molecular weight is 107 g/mol. The lowest BCUT2D eigenvalue weighted by Gasteiger charge is -1.92. The third-order valence-electron chi connectivity index (χ3n) is 0.947. The van der Waals surface area contributed by atoms with Crippen LogP contribution in [0.1, 0.15) is 6.92 Å². The molecule has 0 amide bonds. The summed E-state index contributed by atoms with van der Waals surface area (Å²) in [4.78, 5) is 7.41. The summed E-state index contributed by atoms with van der Waals surface area (Å²) in [6.07, 6.45) is 0. The molecule has 0 saturated heterocycles. The van der Waals surface area contributed by atoms with Gasteiger partial charge in [-0.3, -0.25) is 4.99 Å². The first-order chi connectivity index (χ1) is 3.83. The van der Waals surface area contributed by atoms with Gasteiger partial charge < -0.3 is 10.2 Å². The smallest absolute Gasteiger partial charge is 0.261 e. The van der Waals surface area contributed by atoms with E-state index in [2.05, 4.69) is 15.2 Å². The molecule has 0 spiro atoms. The molecule has 2 radical (unpaired) electrons. The van der Waals surface area contributed by atoms with Crippen LogP contribution in [-0.2, 0) is 0 Å². The van der Waals surface area contributed by atoms with E-state index < -0.39 is 0 Å². The molecule has 0 aromatic heterocycles. The number of nitrogens with zero attached hydrogens (tertiary/aromatic N) is 2. The average Bonchev–Trinajstić information content (AvgIpc) is 2.14. The van der Waals surface area contributed by atoms with E-state index in [0.29, 0.717) is 6.54 Å². The molecule has 0 aromatic rings. The van der Waals surface area contributed by atoms with E-state index in [9.17, 15) is 0 Å². The molecule has 3 nitrogen and oxygen atoms in total. The van der Waals surface area contributed by atoms with Crippen LogP contribution in [0, 0.1) is 0 Å². The maximum absolute atomic E-state index is 4.95. The Morgan fingerprint density at radius 3 is 2.88 bits per heavy atom. The van der Waals surface area contributed by atoms with Crippen molar-refractivity contribution >= 4 is 19.7 Å². The highest BCUT2D eigenvalue weighted by atomic mass is 15.1. The fraction of sp³-hybridized carbons (Fsp3) is 0.500. The van der Waals surface area contributed by atoms with Gasteiger partial charge in [-0.2, -0.15) is 0 Å². The van der Waals surface area contributed by atoms with Crippen molar-refractivity contribution in [2.45, 2.75) is 6.92 Å². The van der Waals surface area contributed by atoms with Crippen LogP contribution in [0.3, 0.4) is 0 Å². The third-order valence-corrected chi connectivity index (χ3v) is 0.947. The minimum absolute atomic E-state index is 0.600. The Hall–Kier alpha value is -0.795. The molecular weight excluding hydrogens is 101 g/mol. The number of nitrogens with one attached hydrogen (secondary N) is 1. The van der Waals surface area contributed by atoms with Gasteiger partial charge in [0.2, 0.25) is 0 Å². The van der Waals surface area contributed by atoms with Gasteiger partial charge in [-0.15, -0.1) is 0 Å². The monoisotopic (exact) mass is 107 g/mol. The first kappa shape index (κ1) is 5.34. The Labute approximate surface area is 49.3 Å². The lowest BCUT2D eigenvalue weighted by molar-refractivity contribution is 1.33. The van der Waals surface area contributed by atoms with E-state index in [-0.39, 0.29) is 0 Å². The van der Waals surface area contributed by atoms with Crippen LogP contribution in [0.4, 0.5) is 0 Å². The minimum atomic E-state index is 0.600. The second-order valence-corrected chi connectivity index (χ2v) is 1.60. The lowest BCUT2D eigenvalue weighted by atomic mass is 10.4. The van der Waals surface area contributed by atoms with Crippen molar-refractivity contribution in [1.82, 2.24) is 5.32 Å². The quantitative estimate of drug-likeness (QED) is 0.416. The molecule has 0 fully saturated rings. The molecule has 1 aliphatic heterocycles. The molecule has 1 N–H and O–H groups in total. The molecule has 8 heavy (non-hydrogen) atoms. The van der Waals surface area contributed by atoms with E-state index >= 15 is 0 Å². The first-order valence-electron chi connectivity index (χ1n) is 2.38. The molecule has 0 saturated carbocycles. The van der Waals surface area contributed by atoms with Gasteiger partial charge in [0.15, 0.2) is 0 Å². The molecule has 0 unspecified atom stereocenters. The summed E-state index contributed by atoms with van der Waals surface area (Å²) in [5.41, 5.74) is 0. The highest BCUT2D eigenvalue weighted by Gasteiger charge is 2.03. The topological polar surface area (TPSA) is 36.8 Å².